The van der Waals surface area contributed by atoms with Crippen LogP contribution in [-0.4, -0.2) is 25.1 Å². The van der Waals surface area contributed by atoms with Crippen molar-refractivity contribution in [3.8, 4) is 0 Å². The van der Waals surface area contributed by atoms with Gasteiger partial charge in [-0.1, -0.05) is 18.2 Å². The zero-order valence-electron chi connectivity index (χ0n) is 11.7. The Kier molecular flexibility index (Phi) is 4.97. The van der Waals surface area contributed by atoms with Gasteiger partial charge in [0.05, 0.1) is 21.4 Å². The van der Waals surface area contributed by atoms with E-state index < -0.39 is 25.3 Å². The predicted octanol–water partition coefficient (Wildman–Crippen LogP) is 2.66. The molecule has 0 unspecified atom stereocenters. The Morgan fingerprint density at radius 3 is 2.43 bits per heavy atom. The lowest BCUT2D eigenvalue weighted by Crippen LogP contribution is -2.12. The van der Waals surface area contributed by atoms with Gasteiger partial charge >= 0.3 is 0 Å². The molecule has 120 valence electrons. The number of alkyl halides is 1. The number of nitrogens with two attached hydrogens (primary N) is 1. The van der Waals surface area contributed by atoms with Crippen molar-refractivity contribution in [1.29, 1.82) is 0 Å². The maximum Gasteiger partial charge on any atom is 0.290 e. The van der Waals surface area contributed by atoms with Crippen molar-refractivity contribution in [2.45, 2.75) is 9.79 Å². The van der Waals surface area contributed by atoms with Crippen LogP contribution in [0.4, 0.5) is 11.4 Å². The molecule has 0 spiro atoms. The normalized spacial score (nSPS) is 12.1. The summed E-state index contributed by atoms with van der Waals surface area (Å²) in [5.41, 5.74) is 5.06. The first-order valence-corrected chi connectivity index (χ1v) is 8.35. The zero-order valence-corrected chi connectivity index (χ0v) is 13.3. The summed E-state index contributed by atoms with van der Waals surface area (Å²) in [7, 11) is -4.01. The minimum atomic E-state index is -4.01. The molecular formula is C14H12ClN3O4S. The number of nitro benzene ring substituents is 1. The van der Waals surface area contributed by atoms with Crippen LogP contribution in [0, 0.1) is 10.1 Å². The molecule has 0 aliphatic carbocycles. The Bertz CT molecular complexity index is 867. The van der Waals surface area contributed by atoms with Gasteiger partial charge in [-0.2, -0.15) is 0 Å². The monoisotopic (exact) mass is 353 g/mol. The van der Waals surface area contributed by atoms with Crippen molar-refractivity contribution < 1.29 is 13.3 Å². The molecule has 0 aliphatic heterocycles. The van der Waals surface area contributed by atoms with Gasteiger partial charge in [0.25, 0.3) is 5.69 Å². The van der Waals surface area contributed by atoms with E-state index in [0.29, 0.717) is 0 Å². The van der Waals surface area contributed by atoms with Gasteiger partial charge in [-0.25, -0.2) is 13.4 Å². The number of amidine groups is 1. The molecule has 0 saturated heterocycles. The van der Waals surface area contributed by atoms with Crippen molar-refractivity contribution in [2.24, 2.45) is 10.7 Å². The predicted molar refractivity (Wildman–Crippen MR) is 87.0 cm³/mol. The van der Waals surface area contributed by atoms with E-state index in [1.807, 2.05) is 0 Å². The topological polar surface area (TPSA) is 116 Å². The van der Waals surface area contributed by atoms with Gasteiger partial charge in [-0.3, -0.25) is 10.1 Å². The lowest BCUT2D eigenvalue weighted by atomic mass is 10.3. The number of aliphatic imine (C=N–C) groups is 1. The minimum absolute atomic E-state index is 0.0281. The molecule has 2 N–H and O–H groups in total. The van der Waals surface area contributed by atoms with Crippen LogP contribution in [-0.2, 0) is 9.84 Å². The third-order valence-electron chi connectivity index (χ3n) is 2.89. The van der Waals surface area contributed by atoms with Gasteiger partial charge in [0, 0.05) is 6.07 Å². The van der Waals surface area contributed by atoms with Gasteiger partial charge in [0.2, 0.25) is 9.84 Å². The molecule has 0 fully saturated rings. The highest BCUT2D eigenvalue weighted by molar-refractivity contribution is 7.91. The Morgan fingerprint density at radius 1 is 1.22 bits per heavy atom. The molecule has 0 bridgehead atoms. The van der Waals surface area contributed by atoms with Crippen molar-refractivity contribution in [3.63, 3.8) is 0 Å². The molecule has 0 atom stereocenters. The van der Waals surface area contributed by atoms with Crippen molar-refractivity contribution >= 4 is 38.6 Å². The van der Waals surface area contributed by atoms with Crippen LogP contribution in [0.5, 0.6) is 0 Å². The summed E-state index contributed by atoms with van der Waals surface area (Å²) >= 11 is 5.50. The van der Waals surface area contributed by atoms with E-state index in [2.05, 4.69) is 4.99 Å². The summed E-state index contributed by atoms with van der Waals surface area (Å²) < 4.78 is 25.1. The fourth-order valence-electron chi connectivity index (χ4n) is 1.87. The summed E-state index contributed by atoms with van der Waals surface area (Å²) in [4.78, 5) is 13.9. The molecule has 9 heteroatoms. The second kappa shape index (κ2) is 6.76. The SMILES string of the molecule is NC(CCl)=Nc1ccc(S(=O)(=O)c2ccccc2)c([N+](=O)[O-])c1. The Hall–Kier alpha value is -2.45. The zero-order chi connectivity index (χ0) is 17.0. The van der Waals surface area contributed by atoms with E-state index in [1.54, 1.807) is 18.2 Å². The number of hydrogen-bond acceptors (Lipinski definition) is 5. The van der Waals surface area contributed by atoms with Crippen LogP contribution >= 0.6 is 11.6 Å². The van der Waals surface area contributed by atoms with E-state index in [4.69, 9.17) is 17.3 Å². The van der Waals surface area contributed by atoms with Gasteiger partial charge in [-0.15, -0.1) is 11.6 Å². The average Bonchev–Trinajstić information content (AvgIpc) is 2.55. The van der Waals surface area contributed by atoms with Crippen LogP contribution in [0.25, 0.3) is 0 Å². The largest absolute Gasteiger partial charge is 0.386 e. The maximum atomic E-state index is 12.6. The summed E-state index contributed by atoms with van der Waals surface area (Å²) in [5.74, 6) is 0.0253. The summed E-state index contributed by atoms with van der Waals surface area (Å²) in [6.07, 6.45) is 0. The van der Waals surface area contributed by atoms with Crippen LogP contribution < -0.4 is 5.73 Å². The molecule has 23 heavy (non-hydrogen) atoms. The fourth-order valence-corrected chi connectivity index (χ4v) is 3.35. The van der Waals surface area contributed by atoms with Crippen molar-refractivity contribution in [2.75, 3.05) is 5.88 Å². The number of rotatable bonds is 5. The molecular weight excluding hydrogens is 342 g/mol. The molecule has 7 nitrogen and oxygen atoms in total. The first kappa shape index (κ1) is 16.9. The number of sulfone groups is 1. The molecule has 0 heterocycles. The Morgan fingerprint density at radius 2 is 1.87 bits per heavy atom. The van der Waals surface area contributed by atoms with Gasteiger partial charge < -0.3 is 5.73 Å². The number of hydrogen-bond donors (Lipinski definition) is 1. The van der Waals surface area contributed by atoms with Gasteiger partial charge in [0.1, 0.15) is 10.7 Å². The third kappa shape index (κ3) is 3.66. The number of nitro groups is 1. The Balaban J connectivity index is 2.62. The minimum Gasteiger partial charge on any atom is -0.386 e. The molecule has 0 radical (unpaired) electrons. The first-order valence-electron chi connectivity index (χ1n) is 6.34. The van der Waals surface area contributed by atoms with Crippen LogP contribution in [0.2, 0.25) is 0 Å². The van der Waals surface area contributed by atoms with Crippen LogP contribution in [0.3, 0.4) is 0 Å². The fraction of sp³-hybridized carbons (Fsp3) is 0.0714. The average molecular weight is 354 g/mol. The van der Waals surface area contributed by atoms with E-state index in [0.717, 1.165) is 12.1 Å². The lowest BCUT2D eigenvalue weighted by Gasteiger charge is -2.06. The van der Waals surface area contributed by atoms with Crippen LogP contribution in [0.15, 0.2) is 63.3 Å². The van der Waals surface area contributed by atoms with Gasteiger partial charge in [0.15, 0.2) is 0 Å². The van der Waals surface area contributed by atoms with Gasteiger partial charge in [-0.05, 0) is 24.3 Å². The summed E-state index contributed by atoms with van der Waals surface area (Å²) in [6.45, 7) is 0. The highest BCUT2D eigenvalue weighted by Crippen LogP contribution is 2.32. The first-order chi connectivity index (χ1) is 10.9. The van der Waals surface area contributed by atoms with Crippen LogP contribution in [0.1, 0.15) is 0 Å². The van der Waals surface area contributed by atoms with Crippen molar-refractivity contribution in [3.05, 3.63) is 58.6 Å². The second-order valence-electron chi connectivity index (χ2n) is 4.46. The number of benzene rings is 2. The van der Waals surface area contributed by atoms with E-state index in [1.165, 1.54) is 18.2 Å². The van der Waals surface area contributed by atoms with E-state index >= 15 is 0 Å². The molecule has 0 aromatic heterocycles. The van der Waals surface area contributed by atoms with E-state index in [9.17, 15) is 18.5 Å². The molecule has 0 amide bonds. The smallest absolute Gasteiger partial charge is 0.290 e. The Labute approximate surface area is 137 Å². The van der Waals surface area contributed by atoms with Crippen molar-refractivity contribution in [1.82, 2.24) is 0 Å². The standard InChI is InChI=1S/C14H12ClN3O4S/c15-9-14(16)17-10-6-7-13(12(8-10)18(19)20)23(21,22)11-4-2-1-3-5-11/h1-8H,9H2,(H2,16,17). The molecule has 2 aromatic rings. The third-order valence-corrected chi connectivity index (χ3v) is 4.98. The van der Waals surface area contributed by atoms with E-state index in [-0.39, 0.29) is 22.3 Å². The molecule has 0 aliphatic rings. The maximum absolute atomic E-state index is 12.6. The number of nitrogens with zero attached hydrogens (tertiary/aromatic N) is 2. The number of halogens is 1. The summed E-state index contributed by atoms with van der Waals surface area (Å²) in [5, 5.41) is 11.2. The summed E-state index contributed by atoms with van der Waals surface area (Å²) in [6, 6.07) is 11.0. The second-order valence-corrected chi connectivity index (χ2v) is 6.65. The molecule has 0 saturated carbocycles. The quantitative estimate of drug-likeness (QED) is 0.291. The highest BCUT2D eigenvalue weighted by atomic mass is 35.5. The lowest BCUT2D eigenvalue weighted by molar-refractivity contribution is -0.387. The molecule has 2 rings (SSSR count). The molecule has 2 aromatic carbocycles. The highest BCUT2D eigenvalue weighted by Gasteiger charge is 2.27.